The van der Waals surface area contributed by atoms with Crippen LogP contribution in [0.15, 0.2) is 12.2 Å². The van der Waals surface area contributed by atoms with Gasteiger partial charge in [0.05, 0.1) is 6.10 Å². The van der Waals surface area contributed by atoms with Crippen LogP contribution in [0.1, 0.15) is 52.4 Å². The summed E-state index contributed by atoms with van der Waals surface area (Å²) in [5.41, 5.74) is 6.84. The number of carbonyl (C=O) groups is 1. The van der Waals surface area contributed by atoms with Gasteiger partial charge in [-0.2, -0.15) is 0 Å². The third-order valence-electron chi connectivity index (χ3n) is 8.09. The summed E-state index contributed by atoms with van der Waals surface area (Å²) in [6, 6.07) is 0.192. The Labute approximate surface area is 133 Å². The van der Waals surface area contributed by atoms with Crippen molar-refractivity contribution in [2.24, 2.45) is 40.2 Å². The van der Waals surface area contributed by atoms with E-state index in [9.17, 15) is 9.90 Å². The van der Waals surface area contributed by atoms with E-state index in [-0.39, 0.29) is 28.8 Å². The van der Waals surface area contributed by atoms with Gasteiger partial charge in [-0.25, -0.2) is 0 Å². The fraction of sp³-hybridized carbons (Fsp3) is 0.842. The van der Waals surface area contributed by atoms with Gasteiger partial charge in [0.15, 0.2) is 5.78 Å². The second-order valence-electron chi connectivity index (χ2n) is 8.89. The Bertz CT molecular complexity index is 530. The Morgan fingerprint density at radius 3 is 2.77 bits per heavy atom. The molecular formula is C19H29NO2. The molecule has 3 N–H and O–H groups in total. The van der Waals surface area contributed by atoms with E-state index in [0.717, 1.165) is 32.1 Å². The van der Waals surface area contributed by atoms with E-state index in [1.165, 1.54) is 0 Å². The molecule has 3 fully saturated rings. The van der Waals surface area contributed by atoms with Crippen molar-refractivity contribution >= 4 is 5.78 Å². The first-order valence-electron chi connectivity index (χ1n) is 9.02. The maximum atomic E-state index is 11.8. The topological polar surface area (TPSA) is 63.3 Å². The van der Waals surface area contributed by atoms with Crippen molar-refractivity contribution in [1.29, 1.82) is 0 Å². The van der Waals surface area contributed by atoms with Gasteiger partial charge in [0.2, 0.25) is 0 Å². The zero-order valence-electron chi connectivity index (χ0n) is 13.8. The molecule has 0 aromatic heterocycles. The number of hydrogen-bond acceptors (Lipinski definition) is 3. The molecule has 0 aromatic carbocycles. The molecule has 122 valence electrons. The molecule has 0 aromatic rings. The van der Waals surface area contributed by atoms with Gasteiger partial charge in [-0.15, -0.1) is 0 Å². The molecule has 3 unspecified atom stereocenters. The smallest absolute Gasteiger partial charge is 0.155 e. The molecule has 0 aliphatic heterocycles. The Morgan fingerprint density at radius 1 is 1.23 bits per heavy atom. The lowest BCUT2D eigenvalue weighted by Gasteiger charge is -2.60. The van der Waals surface area contributed by atoms with E-state index < -0.39 is 0 Å². The van der Waals surface area contributed by atoms with Crippen LogP contribution in [0.3, 0.4) is 0 Å². The van der Waals surface area contributed by atoms with Crippen LogP contribution >= 0.6 is 0 Å². The van der Waals surface area contributed by atoms with Crippen LogP contribution in [0.2, 0.25) is 0 Å². The number of rotatable bonds is 0. The van der Waals surface area contributed by atoms with Crippen molar-refractivity contribution in [3.63, 3.8) is 0 Å². The van der Waals surface area contributed by atoms with Crippen LogP contribution in [-0.2, 0) is 4.79 Å². The maximum Gasteiger partial charge on any atom is 0.155 e. The fourth-order valence-corrected chi connectivity index (χ4v) is 6.68. The van der Waals surface area contributed by atoms with Gasteiger partial charge in [-0.3, -0.25) is 4.79 Å². The molecule has 0 saturated heterocycles. The number of nitrogens with two attached hydrogens (primary N) is 1. The minimum Gasteiger partial charge on any atom is -0.393 e. The highest BCUT2D eigenvalue weighted by Gasteiger charge is 2.61. The Kier molecular flexibility index (Phi) is 3.16. The van der Waals surface area contributed by atoms with E-state index in [2.05, 4.69) is 19.9 Å². The van der Waals surface area contributed by atoms with Crippen molar-refractivity contribution in [1.82, 2.24) is 0 Å². The first-order chi connectivity index (χ1) is 10.4. The second-order valence-corrected chi connectivity index (χ2v) is 8.89. The van der Waals surface area contributed by atoms with Crippen LogP contribution in [0.5, 0.6) is 0 Å². The predicted octanol–water partition coefficient (Wildman–Crippen LogP) is 2.67. The van der Waals surface area contributed by atoms with Gasteiger partial charge >= 0.3 is 0 Å². The molecule has 0 amide bonds. The summed E-state index contributed by atoms with van der Waals surface area (Å²) >= 11 is 0. The lowest BCUT2D eigenvalue weighted by Crippen LogP contribution is -2.59. The van der Waals surface area contributed by atoms with Gasteiger partial charge in [-0.05, 0) is 72.7 Å². The number of ketones is 1. The van der Waals surface area contributed by atoms with Crippen LogP contribution in [0.25, 0.3) is 0 Å². The highest BCUT2D eigenvalue weighted by Crippen LogP contribution is 2.64. The number of aliphatic hydroxyl groups is 1. The van der Waals surface area contributed by atoms with Crippen molar-refractivity contribution < 1.29 is 9.90 Å². The standard InChI is InChI=1S/C19H29NO2/c1-18-7-5-12(21)9-11(18)10-15(20)17-13-3-4-16(22)19(13,2)8-6-14(17)18/h5,7,11,13-17,22H,3-4,6,8-10,20H2,1-2H3/t11?,13-,14+,15?,16?,17-,18-,19-/m0/s1. The molecule has 0 radical (unpaired) electrons. The quantitative estimate of drug-likeness (QED) is 0.723. The molecule has 3 saturated carbocycles. The minimum absolute atomic E-state index is 0.0657. The summed E-state index contributed by atoms with van der Waals surface area (Å²) in [5, 5.41) is 10.5. The third-order valence-corrected chi connectivity index (χ3v) is 8.09. The number of carbonyl (C=O) groups excluding carboxylic acids is 1. The zero-order chi connectivity index (χ0) is 15.7. The van der Waals surface area contributed by atoms with Gasteiger partial charge < -0.3 is 10.8 Å². The minimum atomic E-state index is -0.153. The number of allylic oxidation sites excluding steroid dienone is 2. The summed E-state index contributed by atoms with van der Waals surface area (Å²) in [4.78, 5) is 11.8. The maximum absolute atomic E-state index is 11.8. The van der Waals surface area contributed by atoms with Crippen LogP contribution in [0.4, 0.5) is 0 Å². The summed E-state index contributed by atoms with van der Waals surface area (Å²) < 4.78 is 0. The number of fused-ring (bicyclic) bond motifs is 5. The largest absolute Gasteiger partial charge is 0.393 e. The monoisotopic (exact) mass is 303 g/mol. The molecule has 0 heterocycles. The average Bonchev–Trinajstić information content (AvgIpc) is 2.77. The highest BCUT2D eigenvalue weighted by molar-refractivity contribution is 5.91. The van der Waals surface area contributed by atoms with E-state index >= 15 is 0 Å². The van der Waals surface area contributed by atoms with Crippen molar-refractivity contribution in [3.8, 4) is 0 Å². The molecular weight excluding hydrogens is 274 g/mol. The first kappa shape index (κ1) is 14.9. The lowest BCUT2D eigenvalue weighted by molar-refractivity contribution is -0.125. The van der Waals surface area contributed by atoms with Gasteiger partial charge in [-0.1, -0.05) is 19.9 Å². The molecule has 3 nitrogen and oxygen atoms in total. The Balaban J connectivity index is 1.73. The normalized spacial score (nSPS) is 57.2. The summed E-state index contributed by atoms with van der Waals surface area (Å²) in [6.45, 7) is 4.64. The molecule has 0 bridgehead atoms. The van der Waals surface area contributed by atoms with Crippen molar-refractivity contribution in [2.45, 2.75) is 64.5 Å². The molecule has 22 heavy (non-hydrogen) atoms. The van der Waals surface area contributed by atoms with Gasteiger partial charge in [0.25, 0.3) is 0 Å². The second kappa shape index (κ2) is 4.67. The van der Waals surface area contributed by atoms with Gasteiger partial charge in [0.1, 0.15) is 0 Å². The van der Waals surface area contributed by atoms with Crippen molar-refractivity contribution in [3.05, 3.63) is 12.2 Å². The lowest BCUT2D eigenvalue weighted by atomic mass is 9.45. The van der Waals surface area contributed by atoms with Crippen LogP contribution in [-0.4, -0.2) is 23.0 Å². The SMILES string of the molecule is C[C@]12C=CC(=O)CC1CC(N)[C@@H]1[C@H]2CC[C@]2(C)C(O)CC[C@@H]12. The highest BCUT2D eigenvalue weighted by atomic mass is 16.3. The Morgan fingerprint density at radius 2 is 2.00 bits per heavy atom. The summed E-state index contributed by atoms with van der Waals surface area (Å²) in [6.07, 6.45) is 9.83. The number of aliphatic hydroxyl groups excluding tert-OH is 1. The van der Waals surface area contributed by atoms with Crippen LogP contribution in [0, 0.1) is 34.5 Å². The van der Waals surface area contributed by atoms with Gasteiger partial charge in [0, 0.05) is 12.5 Å². The first-order valence-corrected chi connectivity index (χ1v) is 9.02. The Hall–Kier alpha value is -0.670. The van der Waals surface area contributed by atoms with Crippen molar-refractivity contribution in [2.75, 3.05) is 0 Å². The third kappa shape index (κ3) is 1.78. The number of hydrogen-bond donors (Lipinski definition) is 2. The van der Waals surface area contributed by atoms with E-state index in [1.807, 2.05) is 6.08 Å². The summed E-state index contributed by atoms with van der Waals surface area (Å²) in [5.74, 6) is 2.33. The molecule has 3 heteroatoms. The fourth-order valence-electron chi connectivity index (χ4n) is 6.68. The summed E-state index contributed by atoms with van der Waals surface area (Å²) in [7, 11) is 0. The van der Waals surface area contributed by atoms with E-state index in [0.29, 0.717) is 30.1 Å². The molecule has 4 aliphatic carbocycles. The van der Waals surface area contributed by atoms with E-state index in [1.54, 1.807) is 0 Å². The van der Waals surface area contributed by atoms with E-state index in [4.69, 9.17) is 5.73 Å². The molecule has 8 atom stereocenters. The molecule has 0 spiro atoms. The molecule has 4 aliphatic rings. The van der Waals surface area contributed by atoms with Crippen LogP contribution < -0.4 is 5.73 Å². The zero-order valence-corrected chi connectivity index (χ0v) is 13.8. The predicted molar refractivity (Wildman–Crippen MR) is 86.0 cm³/mol. The molecule has 4 rings (SSSR count). The average molecular weight is 303 g/mol.